The van der Waals surface area contributed by atoms with Gasteiger partial charge in [-0.25, -0.2) is 8.42 Å². The number of carboxylic acid groups (broad SMARTS) is 1. The van der Waals surface area contributed by atoms with Gasteiger partial charge in [-0.2, -0.15) is 0 Å². The number of sulfone groups is 1. The first-order valence-electron chi connectivity index (χ1n) is 5.77. The van der Waals surface area contributed by atoms with Gasteiger partial charge < -0.3 is 10.4 Å². The van der Waals surface area contributed by atoms with E-state index in [1.165, 1.54) is 20.8 Å². The Morgan fingerprint density at radius 2 is 1.50 bits per heavy atom. The molecule has 0 aliphatic carbocycles. The van der Waals surface area contributed by atoms with Crippen LogP contribution in [0.4, 0.5) is 0 Å². The first kappa shape index (κ1) is 16.9. The minimum atomic E-state index is -4.06. The van der Waals surface area contributed by atoms with Crippen LogP contribution in [0.15, 0.2) is 0 Å². The van der Waals surface area contributed by atoms with Crippen LogP contribution in [0.3, 0.4) is 0 Å². The Morgan fingerprint density at radius 1 is 1.06 bits per heavy atom. The molecule has 0 aliphatic rings. The number of carboxylic acids is 1. The summed E-state index contributed by atoms with van der Waals surface area (Å²) >= 11 is 0. The molecule has 0 aromatic carbocycles. The third-order valence-corrected chi connectivity index (χ3v) is 5.15. The van der Waals surface area contributed by atoms with E-state index in [-0.39, 0.29) is 6.04 Å². The highest BCUT2D eigenvalue weighted by Crippen LogP contribution is 2.18. The summed E-state index contributed by atoms with van der Waals surface area (Å²) in [7, 11) is -4.06. The van der Waals surface area contributed by atoms with Crippen molar-refractivity contribution in [3.8, 4) is 0 Å². The summed E-state index contributed by atoms with van der Waals surface area (Å²) in [5.74, 6) is -2.69. The highest BCUT2D eigenvalue weighted by Gasteiger charge is 2.42. The molecule has 2 atom stereocenters. The zero-order valence-electron chi connectivity index (χ0n) is 11.3. The number of rotatable bonds is 6. The minimum Gasteiger partial charge on any atom is -0.480 e. The van der Waals surface area contributed by atoms with Gasteiger partial charge in [0, 0.05) is 6.04 Å². The van der Waals surface area contributed by atoms with Gasteiger partial charge in [0.15, 0.2) is 15.1 Å². The number of aliphatic carboxylic acids is 1. The third kappa shape index (κ3) is 3.97. The van der Waals surface area contributed by atoms with Crippen LogP contribution in [-0.2, 0) is 19.4 Å². The first-order chi connectivity index (χ1) is 8.01. The summed E-state index contributed by atoms with van der Waals surface area (Å²) in [6.45, 7) is 7.63. The molecule has 2 unspecified atom stereocenters. The van der Waals surface area contributed by atoms with Crippen LogP contribution in [-0.4, -0.2) is 41.9 Å². The second-order valence-corrected chi connectivity index (χ2v) is 7.29. The van der Waals surface area contributed by atoms with E-state index < -0.39 is 38.1 Å². The van der Waals surface area contributed by atoms with E-state index in [0.717, 1.165) is 0 Å². The fourth-order valence-electron chi connectivity index (χ4n) is 1.58. The maximum Gasteiger partial charge on any atom is 0.322 e. The van der Waals surface area contributed by atoms with Crippen molar-refractivity contribution in [3.63, 3.8) is 0 Å². The molecule has 0 spiro atoms. The smallest absolute Gasteiger partial charge is 0.322 e. The summed E-state index contributed by atoms with van der Waals surface area (Å²) < 4.78 is 24.2. The summed E-state index contributed by atoms with van der Waals surface area (Å²) in [6.07, 6.45) is 0. The van der Waals surface area contributed by atoms with Crippen molar-refractivity contribution in [3.05, 3.63) is 0 Å². The summed E-state index contributed by atoms with van der Waals surface area (Å²) in [6, 6.07) is -0.197. The molecule has 6 nitrogen and oxygen atoms in total. The van der Waals surface area contributed by atoms with Gasteiger partial charge in [-0.1, -0.05) is 13.8 Å². The molecule has 1 amide bonds. The zero-order chi connectivity index (χ0) is 14.7. The van der Waals surface area contributed by atoms with Crippen molar-refractivity contribution in [2.45, 2.75) is 51.2 Å². The molecule has 0 radical (unpaired) electrons. The van der Waals surface area contributed by atoms with Crippen LogP contribution >= 0.6 is 0 Å². The lowest BCUT2D eigenvalue weighted by Crippen LogP contribution is -2.48. The molecular formula is C11H21NO5S. The zero-order valence-corrected chi connectivity index (χ0v) is 12.1. The van der Waals surface area contributed by atoms with Gasteiger partial charge in [0.25, 0.3) is 0 Å². The van der Waals surface area contributed by atoms with E-state index in [1.807, 2.05) is 0 Å². The largest absolute Gasteiger partial charge is 0.480 e. The van der Waals surface area contributed by atoms with E-state index in [4.69, 9.17) is 5.11 Å². The van der Waals surface area contributed by atoms with Gasteiger partial charge in [0.05, 0.1) is 0 Å². The molecule has 0 aliphatic heterocycles. The molecule has 18 heavy (non-hydrogen) atoms. The maximum atomic E-state index is 12.1. The predicted octanol–water partition coefficient (Wildman–Crippen LogP) is 0.423. The number of carbonyl (C=O) groups excluding carboxylic acids is 1. The number of hydrogen-bond donors (Lipinski definition) is 2. The average molecular weight is 279 g/mol. The highest BCUT2D eigenvalue weighted by molar-refractivity contribution is 7.94. The summed E-state index contributed by atoms with van der Waals surface area (Å²) in [5.41, 5.74) is 0. The van der Waals surface area contributed by atoms with Gasteiger partial charge in [0.1, 0.15) is 5.25 Å². The maximum absolute atomic E-state index is 12.1. The fraction of sp³-hybridized carbons (Fsp3) is 0.818. The van der Waals surface area contributed by atoms with E-state index in [2.05, 4.69) is 5.32 Å². The first-order valence-corrected chi connectivity index (χ1v) is 7.38. The standard InChI is InChI=1S/C11H21NO5S/c1-6(2)9(11(14)15)18(16,17)8(5)10(13)12-7(3)4/h6-9H,1-5H3,(H,12,13)(H,14,15). The molecule has 0 aromatic rings. The number of carbonyl (C=O) groups is 2. The third-order valence-electron chi connectivity index (χ3n) is 2.50. The Balaban J connectivity index is 5.24. The second kappa shape index (κ2) is 6.17. The van der Waals surface area contributed by atoms with Crippen LogP contribution in [0, 0.1) is 5.92 Å². The van der Waals surface area contributed by atoms with Gasteiger partial charge in [-0.3, -0.25) is 9.59 Å². The van der Waals surface area contributed by atoms with Gasteiger partial charge >= 0.3 is 5.97 Å². The molecule has 0 saturated carbocycles. The monoisotopic (exact) mass is 279 g/mol. The van der Waals surface area contributed by atoms with E-state index in [0.29, 0.717) is 0 Å². The lowest BCUT2D eigenvalue weighted by molar-refractivity contribution is -0.137. The van der Waals surface area contributed by atoms with Crippen molar-refractivity contribution >= 4 is 21.7 Å². The van der Waals surface area contributed by atoms with Crippen molar-refractivity contribution in [1.82, 2.24) is 5.32 Å². The molecule has 0 bridgehead atoms. The molecule has 7 heteroatoms. The highest BCUT2D eigenvalue weighted by atomic mass is 32.2. The Labute approximate surface area is 108 Å². The quantitative estimate of drug-likeness (QED) is 0.734. The van der Waals surface area contributed by atoms with Crippen LogP contribution in [0.5, 0.6) is 0 Å². The molecule has 0 fully saturated rings. The number of hydrogen-bond acceptors (Lipinski definition) is 4. The number of amides is 1. The van der Waals surface area contributed by atoms with Crippen LogP contribution in [0.1, 0.15) is 34.6 Å². The molecular weight excluding hydrogens is 258 g/mol. The van der Waals surface area contributed by atoms with Crippen molar-refractivity contribution in [2.75, 3.05) is 0 Å². The van der Waals surface area contributed by atoms with Gasteiger partial charge in [-0.15, -0.1) is 0 Å². The summed E-state index contributed by atoms with van der Waals surface area (Å²) in [4.78, 5) is 22.7. The molecule has 0 saturated heterocycles. The molecule has 0 rings (SSSR count). The minimum absolute atomic E-state index is 0.197. The molecule has 2 N–H and O–H groups in total. The Kier molecular flexibility index (Phi) is 5.79. The molecule has 0 heterocycles. The molecule has 0 aromatic heterocycles. The van der Waals surface area contributed by atoms with Crippen LogP contribution < -0.4 is 5.32 Å². The van der Waals surface area contributed by atoms with Gasteiger partial charge in [-0.05, 0) is 26.7 Å². The lowest BCUT2D eigenvalue weighted by Gasteiger charge is -2.21. The SMILES string of the molecule is CC(C)NC(=O)C(C)S(=O)(=O)C(C(=O)O)C(C)C. The van der Waals surface area contributed by atoms with Gasteiger partial charge in [0.2, 0.25) is 5.91 Å². The Morgan fingerprint density at radius 3 is 1.78 bits per heavy atom. The second-order valence-electron chi connectivity index (χ2n) is 4.90. The summed E-state index contributed by atoms with van der Waals surface area (Å²) in [5, 5.41) is 8.51. The van der Waals surface area contributed by atoms with Crippen LogP contribution in [0.2, 0.25) is 0 Å². The number of nitrogens with one attached hydrogen (secondary N) is 1. The lowest BCUT2D eigenvalue weighted by atomic mass is 10.1. The van der Waals surface area contributed by atoms with Crippen molar-refractivity contribution in [1.29, 1.82) is 0 Å². The topological polar surface area (TPSA) is 101 Å². The average Bonchev–Trinajstić information content (AvgIpc) is 2.12. The van der Waals surface area contributed by atoms with Crippen molar-refractivity contribution in [2.24, 2.45) is 5.92 Å². The van der Waals surface area contributed by atoms with E-state index >= 15 is 0 Å². The van der Waals surface area contributed by atoms with Crippen LogP contribution in [0.25, 0.3) is 0 Å². The van der Waals surface area contributed by atoms with E-state index in [9.17, 15) is 18.0 Å². The Bertz CT molecular complexity index is 413. The fourth-order valence-corrected chi connectivity index (χ4v) is 3.42. The Hall–Kier alpha value is -1.11. The van der Waals surface area contributed by atoms with Crippen molar-refractivity contribution < 1.29 is 23.1 Å². The van der Waals surface area contributed by atoms with E-state index in [1.54, 1.807) is 13.8 Å². The normalized spacial score (nSPS) is 15.5. The molecule has 106 valence electrons. The predicted molar refractivity (Wildman–Crippen MR) is 67.9 cm³/mol.